The number of ether oxygens (including phenoxy) is 1. The highest BCUT2D eigenvalue weighted by Gasteiger charge is 2.31. The Morgan fingerprint density at radius 2 is 1.87 bits per heavy atom. The largest absolute Gasteiger partial charge is 0.573 e. The number of nitrogens with zero attached hydrogens (tertiary/aromatic N) is 3. The van der Waals surface area contributed by atoms with Gasteiger partial charge in [-0.15, -0.1) is 13.2 Å². The summed E-state index contributed by atoms with van der Waals surface area (Å²) >= 11 is 0. The summed E-state index contributed by atoms with van der Waals surface area (Å²) in [6, 6.07) is 12.1. The van der Waals surface area contributed by atoms with E-state index in [1.165, 1.54) is 22.9 Å². The number of nitrogens with one attached hydrogen (secondary N) is 1. The molecule has 4 aromatic rings. The Bertz CT molecular complexity index is 1290. The molecule has 0 unspecified atom stereocenters. The number of alkyl halides is 3. The first-order valence-corrected chi connectivity index (χ1v) is 9.18. The van der Waals surface area contributed by atoms with E-state index in [2.05, 4.69) is 15.0 Å². The second-order valence-corrected chi connectivity index (χ2v) is 6.70. The molecule has 160 valence electrons. The van der Waals surface area contributed by atoms with E-state index in [1.54, 1.807) is 19.3 Å². The van der Waals surface area contributed by atoms with Crippen LogP contribution in [-0.2, 0) is 6.54 Å². The maximum atomic E-state index is 12.9. The molecule has 0 saturated carbocycles. The average Bonchev–Trinajstić information content (AvgIpc) is 3.00. The standard InChI is InChI=1S/C21H17F3N4O3/c1-25-17-4-2-3-16-13(9-10-26-19(16)17)11-27-12-18(29)28(20(27)30)14-5-7-15(8-6-14)31-21(22,23)24/h2-10,12,25,29H,11H2,1H3. The van der Waals surface area contributed by atoms with Gasteiger partial charge < -0.3 is 15.2 Å². The van der Waals surface area contributed by atoms with Gasteiger partial charge in [0.25, 0.3) is 0 Å². The van der Waals surface area contributed by atoms with Crippen LogP contribution in [0.15, 0.2) is 65.7 Å². The van der Waals surface area contributed by atoms with Crippen molar-refractivity contribution in [3.05, 3.63) is 77.0 Å². The molecule has 0 atom stereocenters. The molecule has 0 amide bonds. The Hall–Kier alpha value is -3.95. The first kappa shape index (κ1) is 20.3. The van der Waals surface area contributed by atoms with Crippen molar-refractivity contribution in [2.24, 2.45) is 0 Å². The molecular weight excluding hydrogens is 413 g/mol. The van der Waals surface area contributed by atoms with Crippen LogP contribution in [0.25, 0.3) is 16.6 Å². The van der Waals surface area contributed by atoms with Gasteiger partial charge in [-0.1, -0.05) is 12.1 Å². The fraction of sp³-hybridized carbons (Fsp3) is 0.143. The van der Waals surface area contributed by atoms with Gasteiger partial charge in [0.05, 0.1) is 29.6 Å². The molecule has 0 saturated heterocycles. The van der Waals surface area contributed by atoms with Crippen LogP contribution in [0.4, 0.5) is 18.9 Å². The molecule has 0 fully saturated rings. The topological polar surface area (TPSA) is 81.3 Å². The molecule has 10 heteroatoms. The minimum absolute atomic E-state index is 0.168. The Morgan fingerprint density at radius 3 is 2.55 bits per heavy atom. The van der Waals surface area contributed by atoms with Gasteiger partial charge >= 0.3 is 12.1 Å². The molecule has 0 radical (unpaired) electrons. The van der Waals surface area contributed by atoms with Crippen LogP contribution in [-0.4, -0.2) is 32.6 Å². The van der Waals surface area contributed by atoms with Gasteiger partial charge in [-0.05, 0) is 42.0 Å². The lowest BCUT2D eigenvalue weighted by Crippen LogP contribution is -2.23. The first-order chi connectivity index (χ1) is 14.8. The lowest BCUT2D eigenvalue weighted by molar-refractivity contribution is -0.274. The summed E-state index contributed by atoms with van der Waals surface area (Å²) < 4.78 is 43.1. The third kappa shape index (κ3) is 4.04. The van der Waals surface area contributed by atoms with Gasteiger partial charge in [0.2, 0.25) is 5.88 Å². The Kier molecular flexibility index (Phi) is 5.05. The molecule has 2 heterocycles. The van der Waals surface area contributed by atoms with E-state index >= 15 is 0 Å². The van der Waals surface area contributed by atoms with Gasteiger partial charge in [0.1, 0.15) is 5.75 Å². The van der Waals surface area contributed by atoms with Crippen molar-refractivity contribution in [1.82, 2.24) is 14.1 Å². The van der Waals surface area contributed by atoms with Crippen LogP contribution in [0.2, 0.25) is 0 Å². The second-order valence-electron chi connectivity index (χ2n) is 6.70. The van der Waals surface area contributed by atoms with Crippen molar-refractivity contribution < 1.29 is 23.0 Å². The van der Waals surface area contributed by atoms with Gasteiger partial charge in [-0.25, -0.2) is 9.36 Å². The number of pyridine rings is 1. The fourth-order valence-corrected chi connectivity index (χ4v) is 3.39. The highest BCUT2D eigenvalue weighted by Crippen LogP contribution is 2.26. The zero-order valence-corrected chi connectivity index (χ0v) is 16.2. The second kappa shape index (κ2) is 7.71. The predicted octanol–water partition coefficient (Wildman–Crippen LogP) is 3.88. The van der Waals surface area contributed by atoms with E-state index in [-0.39, 0.29) is 18.1 Å². The molecular formula is C21H17F3N4O3. The highest BCUT2D eigenvalue weighted by molar-refractivity contribution is 5.92. The summed E-state index contributed by atoms with van der Waals surface area (Å²) in [5.74, 6) is -0.768. The third-order valence-electron chi connectivity index (χ3n) is 4.74. The number of para-hydroxylation sites is 1. The van der Waals surface area contributed by atoms with E-state index in [9.17, 15) is 23.1 Å². The summed E-state index contributed by atoms with van der Waals surface area (Å²) in [6.45, 7) is 0.168. The number of aromatic hydroxyl groups is 1. The van der Waals surface area contributed by atoms with Crippen LogP contribution in [0, 0.1) is 0 Å². The Morgan fingerprint density at radius 1 is 1.13 bits per heavy atom. The molecule has 2 N–H and O–H groups in total. The Labute approximate surface area is 174 Å². The van der Waals surface area contributed by atoms with Gasteiger partial charge in [-0.3, -0.25) is 9.55 Å². The zero-order valence-electron chi connectivity index (χ0n) is 16.2. The van der Waals surface area contributed by atoms with Crippen molar-refractivity contribution in [3.63, 3.8) is 0 Å². The highest BCUT2D eigenvalue weighted by atomic mass is 19.4. The molecule has 0 spiro atoms. The van der Waals surface area contributed by atoms with Gasteiger partial charge in [0.15, 0.2) is 0 Å². The summed E-state index contributed by atoms with van der Waals surface area (Å²) in [6.07, 6.45) is -1.90. The number of halogens is 3. The molecule has 0 aliphatic rings. The van der Waals surface area contributed by atoms with Gasteiger partial charge in [0, 0.05) is 18.6 Å². The summed E-state index contributed by atoms with van der Waals surface area (Å²) in [7, 11) is 1.79. The number of aromatic nitrogens is 3. The molecule has 2 aromatic heterocycles. The van der Waals surface area contributed by atoms with Crippen LogP contribution in [0.1, 0.15) is 5.56 Å². The third-order valence-corrected chi connectivity index (χ3v) is 4.74. The minimum atomic E-state index is -4.82. The average molecular weight is 430 g/mol. The number of anilines is 1. The molecule has 7 nitrogen and oxygen atoms in total. The number of fused-ring (bicyclic) bond motifs is 1. The monoisotopic (exact) mass is 430 g/mol. The van der Waals surface area contributed by atoms with Crippen LogP contribution >= 0.6 is 0 Å². The zero-order chi connectivity index (χ0) is 22.2. The van der Waals surface area contributed by atoms with E-state index in [0.717, 1.165) is 38.9 Å². The summed E-state index contributed by atoms with van der Waals surface area (Å²) in [5, 5.41) is 14.2. The van der Waals surface area contributed by atoms with Crippen LogP contribution in [0.5, 0.6) is 11.6 Å². The maximum absolute atomic E-state index is 12.9. The van der Waals surface area contributed by atoms with E-state index in [4.69, 9.17) is 0 Å². The lowest BCUT2D eigenvalue weighted by Gasteiger charge is -2.10. The first-order valence-electron chi connectivity index (χ1n) is 9.18. The number of hydrogen-bond donors (Lipinski definition) is 2. The molecule has 2 aromatic carbocycles. The van der Waals surface area contributed by atoms with E-state index in [1.807, 2.05) is 18.2 Å². The van der Waals surface area contributed by atoms with Crippen molar-refractivity contribution in [1.29, 1.82) is 0 Å². The molecule has 0 aliphatic carbocycles. The quantitative estimate of drug-likeness (QED) is 0.502. The van der Waals surface area contributed by atoms with Crippen LogP contribution in [0.3, 0.4) is 0 Å². The van der Waals surface area contributed by atoms with Crippen molar-refractivity contribution in [2.45, 2.75) is 12.9 Å². The van der Waals surface area contributed by atoms with E-state index in [0.29, 0.717) is 0 Å². The number of imidazole rings is 1. The normalized spacial score (nSPS) is 11.6. The van der Waals surface area contributed by atoms with Crippen molar-refractivity contribution in [3.8, 4) is 17.3 Å². The lowest BCUT2D eigenvalue weighted by atomic mass is 10.1. The smallest absolute Gasteiger partial charge is 0.493 e. The number of benzene rings is 2. The molecule has 31 heavy (non-hydrogen) atoms. The van der Waals surface area contributed by atoms with Gasteiger partial charge in [-0.2, -0.15) is 0 Å². The number of hydrogen-bond acceptors (Lipinski definition) is 5. The molecule has 0 bridgehead atoms. The molecule has 0 aliphatic heterocycles. The minimum Gasteiger partial charge on any atom is -0.493 e. The van der Waals surface area contributed by atoms with Crippen molar-refractivity contribution >= 4 is 16.6 Å². The maximum Gasteiger partial charge on any atom is 0.573 e. The van der Waals surface area contributed by atoms with E-state index < -0.39 is 17.8 Å². The summed E-state index contributed by atoms with van der Waals surface area (Å²) in [4.78, 5) is 17.3. The Balaban J connectivity index is 1.69. The molecule has 4 rings (SSSR count). The SMILES string of the molecule is CNc1cccc2c(Cn3cc(O)n(-c4ccc(OC(F)(F)F)cc4)c3=O)ccnc12. The fourth-order valence-electron chi connectivity index (χ4n) is 3.39. The summed E-state index contributed by atoms with van der Waals surface area (Å²) in [5.41, 5.74) is 2.06. The van der Waals surface area contributed by atoms with Crippen molar-refractivity contribution in [2.75, 3.05) is 12.4 Å². The predicted molar refractivity (Wildman–Crippen MR) is 109 cm³/mol. The van der Waals surface area contributed by atoms with Crippen LogP contribution < -0.4 is 15.7 Å². The number of rotatable bonds is 5.